The molecule has 0 saturated heterocycles. The number of ether oxygens (including phenoxy) is 1. The van der Waals surface area contributed by atoms with Crippen LogP contribution in [0.5, 0.6) is 5.88 Å². The number of anilines is 1. The summed E-state index contributed by atoms with van der Waals surface area (Å²) >= 11 is 1.58. The van der Waals surface area contributed by atoms with Crippen LogP contribution in [-0.2, 0) is 4.79 Å². The molecule has 1 aliphatic heterocycles. The highest BCUT2D eigenvalue weighted by molar-refractivity contribution is 7.99. The molecule has 0 aliphatic carbocycles. The first kappa shape index (κ1) is 21.2. The minimum Gasteiger partial charge on any atom is -0.445 e. The van der Waals surface area contributed by atoms with Gasteiger partial charge in [-0.2, -0.15) is 4.98 Å². The van der Waals surface area contributed by atoms with E-state index in [-0.39, 0.29) is 5.91 Å². The Morgan fingerprint density at radius 3 is 2.71 bits per heavy atom. The van der Waals surface area contributed by atoms with Crippen LogP contribution in [0.2, 0.25) is 0 Å². The zero-order valence-electron chi connectivity index (χ0n) is 17.7. The fourth-order valence-corrected chi connectivity index (χ4v) is 4.30. The van der Waals surface area contributed by atoms with Crippen LogP contribution in [0.3, 0.4) is 0 Å². The van der Waals surface area contributed by atoms with Crippen LogP contribution in [0.15, 0.2) is 53.8 Å². The van der Waals surface area contributed by atoms with Crippen LogP contribution in [0.25, 0.3) is 11.3 Å². The van der Waals surface area contributed by atoms with E-state index in [9.17, 15) is 4.79 Å². The second kappa shape index (κ2) is 9.87. The number of pyridine rings is 1. The first-order valence-electron chi connectivity index (χ1n) is 10.5. The molecule has 0 saturated carbocycles. The van der Waals surface area contributed by atoms with E-state index in [1.54, 1.807) is 22.9 Å². The van der Waals surface area contributed by atoms with E-state index in [4.69, 9.17) is 4.74 Å². The average Bonchev–Trinajstić information content (AvgIpc) is 2.94. The van der Waals surface area contributed by atoms with Gasteiger partial charge in [-0.25, -0.2) is 0 Å². The monoisotopic (exact) mass is 435 g/mol. The molecule has 1 aromatic carbocycles. The molecule has 1 amide bonds. The van der Waals surface area contributed by atoms with Gasteiger partial charge in [-0.15, -0.1) is 10.2 Å². The predicted octanol–water partition coefficient (Wildman–Crippen LogP) is 5.05. The summed E-state index contributed by atoms with van der Waals surface area (Å²) in [6.45, 7) is 3.72. The van der Waals surface area contributed by atoms with Crippen molar-refractivity contribution in [1.29, 1.82) is 0 Å². The molecule has 0 radical (unpaired) electrons. The maximum absolute atomic E-state index is 12.7. The molecule has 7 nitrogen and oxygen atoms in total. The number of aromatic nitrogens is 4. The maximum Gasteiger partial charge on any atom is 0.247 e. The van der Waals surface area contributed by atoms with Crippen molar-refractivity contribution in [3.05, 3.63) is 54.4 Å². The van der Waals surface area contributed by atoms with Crippen LogP contribution < -0.4 is 9.64 Å². The van der Waals surface area contributed by atoms with Crippen LogP contribution in [-0.4, -0.2) is 31.8 Å². The SMILES string of the molecule is CCCCCCSc1nnc2c(n1)O[C@@H](c1ccccn1)N(C(C)=O)c1ccccc1-2. The molecular formula is C23H25N5O2S. The van der Waals surface area contributed by atoms with Crippen LogP contribution in [0, 0.1) is 0 Å². The Labute approximate surface area is 186 Å². The minimum absolute atomic E-state index is 0.158. The molecule has 3 aromatic rings. The number of hydrogen-bond acceptors (Lipinski definition) is 7. The lowest BCUT2D eigenvalue weighted by molar-refractivity contribution is -0.118. The smallest absolute Gasteiger partial charge is 0.247 e. The van der Waals surface area contributed by atoms with Gasteiger partial charge in [0.15, 0.2) is 5.69 Å². The number of carbonyl (C=O) groups excluding carboxylic acids is 1. The van der Waals surface area contributed by atoms with E-state index in [0.717, 1.165) is 17.7 Å². The topological polar surface area (TPSA) is 81.1 Å². The van der Waals surface area contributed by atoms with E-state index >= 15 is 0 Å². The summed E-state index contributed by atoms with van der Waals surface area (Å²) in [6, 6.07) is 13.1. The van der Waals surface area contributed by atoms with Crippen LogP contribution in [0.1, 0.15) is 51.5 Å². The summed E-state index contributed by atoms with van der Waals surface area (Å²) in [5.41, 5.74) is 2.59. The van der Waals surface area contributed by atoms with Crippen LogP contribution >= 0.6 is 11.8 Å². The fourth-order valence-electron chi connectivity index (χ4n) is 3.52. The number of fused-ring (bicyclic) bond motifs is 3. The van der Waals surface area contributed by atoms with Crippen molar-refractivity contribution in [2.45, 2.75) is 50.9 Å². The molecule has 2 aromatic heterocycles. The van der Waals surface area contributed by atoms with Gasteiger partial charge in [-0.05, 0) is 24.6 Å². The van der Waals surface area contributed by atoms with Gasteiger partial charge in [-0.1, -0.05) is 62.2 Å². The van der Waals surface area contributed by atoms with Crippen molar-refractivity contribution in [1.82, 2.24) is 20.2 Å². The van der Waals surface area contributed by atoms with Crippen molar-refractivity contribution >= 4 is 23.4 Å². The number of thioether (sulfide) groups is 1. The molecule has 0 unspecified atom stereocenters. The second-order valence-electron chi connectivity index (χ2n) is 7.29. The largest absolute Gasteiger partial charge is 0.445 e. The molecule has 0 spiro atoms. The lowest BCUT2D eigenvalue weighted by Crippen LogP contribution is -2.36. The molecular weight excluding hydrogens is 410 g/mol. The number of unbranched alkanes of at least 4 members (excludes halogenated alkanes) is 3. The third-order valence-electron chi connectivity index (χ3n) is 5.02. The number of nitrogens with zero attached hydrogens (tertiary/aromatic N) is 5. The molecule has 31 heavy (non-hydrogen) atoms. The Balaban J connectivity index is 1.73. The summed E-state index contributed by atoms with van der Waals surface area (Å²) in [5, 5.41) is 9.33. The number of benzene rings is 1. The standard InChI is InChI=1S/C23H25N5O2S/c1-3-4-5-10-15-31-23-25-21-20(26-27-23)17-11-6-7-13-19(17)28(16(2)29)22(30-21)18-12-8-9-14-24-18/h6-9,11-14,22H,3-5,10,15H2,1-2H3/t22-/m0/s1. The lowest BCUT2D eigenvalue weighted by Gasteiger charge is -2.29. The van der Waals surface area contributed by atoms with Gasteiger partial charge in [0.2, 0.25) is 23.2 Å². The maximum atomic E-state index is 12.7. The van der Waals surface area contributed by atoms with Crippen molar-refractivity contribution < 1.29 is 9.53 Å². The third kappa shape index (κ3) is 4.69. The lowest BCUT2D eigenvalue weighted by atomic mass is 10.1. The quantitative estimate of drug-likeness (QED) is 0.379. The van der Waals surface area contributed by atoms with E-state index in [2.05, 4.69) is 27.1 Å². The highest BCUT2D eigenvalue weighted by Gasteiger charge is 2.35. The van der Waals surface area contributed by atoms with Crippen molar-refractivity contribution in [3.8, 4) is 17.1 Å². The Kier molecular flexibility index (Phi) is 6.76. The zero-order valence-corrected chi connectivity index (χ0v) is 18.5. The molecule has 1 aliphatic rings. The summed E-state index contributed by atoms with van der Waals surface area (Å²) in [4.78, 5) is 23.4. The third-order valence-corrected chi connectivity index (χ3v) is 5.94. The first-order valence-corrected chi connectivity index (χ1v) is 11.5. The highest BCUT2D eigenvalue weighted by Crippen LogP contribution is 2.42. The van der Waals surface area contributed by atoms with Gasteiger partial charge in [0.05, 0.1) is 5.69 Å². The van der Waals surface area contributed by atoms with Crippen molar-refractivity contribution in [2.75, 3.05) is 10.7 Å². The summed E-state index contributed by atoms with van der Waals surface area (Å²) in [5.74, 6) is 1.13. The normalized spacial score (nSPS) is 14.9. The van der Waals surface area contributed by atoms with E-state index in [1.165, 1.54) is 26.2 Å². The molecule has 4 rings (SSSR count). The molecule has 8 heteroatoms. The van der Waals surface area contributed by atoms with Crippen LogP contribution in [0.4, 0.5) is 5.69 Å². The van der Waals surface area contributed by atoms with Gasteiger partial charge < -0.3 is 4.74 Å². The number of carbonyl (C=O) groups is 1. The van der Waals surface area contributed by atoms with Gasteiger partial charge in [0.25, 0.3) is 0 Å². The fraction of sp³-hybridized carbons (Fsp3) is 0.348. The Hall–Kier alpha value is -3.00. The number of para-hydroxylation sites is 1. The highest BCUT2D eigenvalue weighted by atomic mass is 32.2. The average molecular weight is 436 g/mol. The Bertz CT molecular complexity index is 1050. The predicted molar refractivity (Wildman–Crippen MR) is 121 cm³/mol. The van der Waals surface area contributed by atoms with E-state index in [0.29, 0.717) is 28.1 Å². The van der Waals surface area contributed by atoms with Crippen molar-refractivity contribution in [2.24, 2.45) is 0 Å². The van der Waals surface area contributed by atoms with E-state index < -0.39 is 6.23 Å². The Morgan fingerprint density at radius 1 is 1.10 bits per heavy atom. The molecule has 0 fully saturated rings. The summed E-state index contributed by atoms with van der Waals surface area (Å²) in [6.07, 6.45) is 5.68. The van der Waals surface area contributed by atoms with Gasteiger partial charge in [0, 0.05) is 24.4 Å². The molecule has 3 heterocycles. The summed E-state index contributed by atoms with van der Waals surface area (Å²) in [7, 11) is 0. The molecule has 0 bridgehead atoms. The summed E-state index contributed by atoms with van der Waals surface area (Å²) < 4.78 is 6.30. The minimum atomic E-state index is -0.750. The molecule has 0 N–H and O–H groups in total. The van der Waals surface area contributed by atoms with Crippen molar-refractivity contribution in [3.63, 3.8) is 0 Å². The number of rotatable bonds is 7. The molecule has 1 atom stereocenters. The van der Waals surface area contributed by atoms with E-state index in [1.807, 2.05) is 42.5 Å². The number of amides is 1. The van der Waals surface area contributed by atoms with Gasteiger partial charge in [0.1, 0.15) is 5.69 Å². The first-order chi connectivity index (χ1) is 15.2. The molecule has 160 valence electrons. The van der Waals surface area contributed by atoms with Gasteiger partial charge in [-0.3, -0.25) is 14.7 Å². The number of hydrogen-bond donors (Lipinski definition) is 0. The van der Waals surface area contributed by atoms with Gasteiger partial charge >= 0.3 is 0 Å². The zero-order chi connectivity index (χ0) is 21.6. The Morgan fingerprint density at radius 2 is 1.94 bits per heavy atom. The second-order valence-corrected chi connectivity index (χ2v) is 8.35.